The quantitative estimate of drug-likeness (QED) is 0.639. The Labute approximate surface area is 78.3 Å². The van der Waals surface area contributed by atoms with Crippen molar-refractivity contribution in [3.05, 3.63) is 28.8 Å². The molecule has 0 radical (unpaired) electrons. The van der Waals surface area contributed by atoms with Gasteiger partial charge in [-0.25, -0.2) is 0 Å². The summed E-state index contributed by atoms with van der Waals surface area (Å²) in [5.74, 6) is 0.981. The summed E-state index contributed by atoms with van der Waals surface area (Å²) in [7, 11) is 1.71. The summed E-state index contributed by atoms with van der Waals surface area (Å²) in [5, 5.41) is 0. The van der Waals surface area contributed by atoms with Gasteiger partial charge < -0.3 is 4.74 Å². The lowest BCUT2D eigenvalue weighted by Crippen LogP contribution is -2.04. The number of methoxy groups -OCH3 is 1. The van der Waals surface area contributed by atoms with Crippen molar-refractivity contribution in [3.63, 3.8) is 0 Å². The first-order valence-electron chi connectivity index (χ1n) is 4.48. The number of aliphatic imine (C=N–C) groups is 1. The van der Waals surface area contributed by atoms with Crippen molar-refractivity contribution >= 4 is 6.21 Å². The molecule has 0 aromatic heterocycles. The van der Waals surface area contributed by atoms with E-state index in [1.54, 1.807) is 7.11 Å². The van der Waals surface area contributed by atoms with Gasteiger partial charge >= 0.3 is 0 Å². The van der Waals surface area contributed by atoms with Gasteiger partial charge in [-0.2, -0.15) is 0 Å². The highest BCUT2D eigenvalue weighted by atomic mass is 16.5. The first kappa shape index (κ1) is 8.30. The van der Waals surface area contributed by atoms with E-state index in [2.05, 4.69) is 24.0 Å². The third kappa shape index (κ3) is 1.44. The Kier molecular flexibility index (Phi) is 2.05. The van der Waals surface area contributed by atoms with Crippen molar-refractivity contribution in [2.45, 2.75) is 13.3 Å². The third-order valence-electron chi connectivity index (χ3n) is 2.40. The molecule has 0 bridgehead atoms. The molecule has 0 aliphatic carbocycles. The van der Waals surface area contributed by atoms with Crippen LogP contribution in [0.25, 0.3) is 0 Å². The minimum Gasteiger partial charge on any atom is -0.496 e. The van der Waals surface area contributed by atoms with Crippen LogP contribution in [0.2, 0.25) is 0 Å². The van der Waals surface area contributed by atoms with Crippen LogP contribution in [-0.2, 0) is 6.42 Å². The van der Waals surface area contributed by atoms with Crippen LogP contribution in [0.3, 0.4) is 0 Å². The van der Waals surface area contributed by atoms with Crippen LogP contribution >= 0.6 is 0 Å². The van der Waals surface area contributed by atoms with Gasteiger partial charge in [0.2, 0.25) is 0 Å². The molecule has 0 N–H and O–H groups in total. The lowest BCUT2D eigenvalue weighted by molar-refractivity contribution is 0.411. The number of hydrogen-bond donors (Lipinski definition) is 0. The Morgan fingerprint density at radius 1 is 1.38 bits per heavy atom. The summed E-state index contributed by atoms with van der Waals surface area (Å²) in [6, 6.07) is 4.26. The maximum Gasteiger partial charge on any atom is 0.122 e. The molecular formula is C11H13NO. The van der Waals surface area contributed by atoms with E-state index < -0.39 is 0 Å². The Hall–Kier alpha value is -1.31. The molecule has 1 heterocycles. The average Bonchev–Trinajstić information content (AvgIpc) is 2.17. The fourth-order valence-corrected chi connectivity index (χ4v) is 1.66. The Morgan fingerprint density at radius 2 is 2.23 bits per heavy atom. The molecule has 0 fully saturated rings. The molecule has 0 amide bonds. The molecular weight excluding hydrogens is 162 g/mol. The molecule has 0 spiro atoms. The molecule has 1 aromatic carbocycles. The summed E-state index contributed by atoms with van der Waals surface area (Å²) < 4.78 is 5.27. The molecule has 1 aromatic rings. The summed E-state index contributed by atoms with van der Waals surface area (Å²) in [4.78, 5) is 4.25. The minimum absolute atomic E-state index is 0.902. The van der Waals surface area contributed by atoms with Crippen molar-refractivity contribution in [2.75, 3.05) is 13.7 Å². The average molecular weight is 175 g/mol. The van der Waals surface area contributed by atoms with Crippen molar-refractivity contribution in [3.8, 4) is 5.75 Å². The first-order valence-corrected chi connectivity index (χ1v) is 4.48. The van der Waals surface area contributed by atoms with Gasteiger partial charge in [-0.05, 0) is 42.2 Å². The van der Waals surface area contributed by atoms with Crippen LogP contribution in [0.15, 0.2) is 17.1 Å². The predicted molar refractivity (Wildman–Crippen MR) is 53.9 cm³/mol. The minimum atomic E-state index is 0.902. The predicted octanol–water partition coefficient (Wildman–Crippen LogP) is 1.98. The highest BCUT2D eigenvalue weighted by Crippen LogP contribution is 2.23. The second kappa shape index (κ2) is 3.21. The van der Waals surface area contributed by atoms with Crippen LogP contribution in [-0.4, -0.2) is 19.9 Å². The van der Waals surface area contributed by atoms with E-state index in [9.17, 15) is 0 Å². The maximum absolute atomic E-state index is 5.27. The largest absolute Gasteiger partial charge is 0.496 e. The molecule has 0 atom stereocenters. The summed E-state index contributed by atoms with van der Waals surface area (Å²) in [5.41, 5.74) is 3.76. The molecule has 0 saturated carbocycles. The third-order valence-corrected chi connectivity index (χ3v) is 2.40. The number of nitrogens with zero attached hydrogens (tertiary/aromatic N) is 1. The molecule has 2 rings (SSSR count). The molecule has 68 valence electrons. The van der Waals surface area contributed by atoms with Crippen molar-refractivity contribution in [1.82, 2.24) is 0 Å². The van der Waals surface area contributed by atoms with Crippen molar-refractivity contribution in [1.29, 1.82) is 0 Å². The van der Waals surface area contributed by atoms with E-state index >= 15 is 0 Å². The number of rotatable bonds is 1. The highest BCUT2D eigenvalue weighted by molar-refractivity contribution is 5.83. The molecule has 0 saturated heterocycles. The van der Waals surface area contributed by atoms with Crippen LogP contribution in [0, 0.1) is 6.92 Å². The fourth-order valence-electron chi connectivity index (χ4n) is 1.66. The number of benzene rings is 1. The molecule has 0 unspecified atom stereocenters. The highest BCUT2D eigenvalue weighted by Gasteiger charge is 2.08. The summed E-state index contributed by atoms with van der Waals surface area (Å²) in [6.45, 7) is 2.96. The lowest BCUT2D eigenvalue weighted by atomic mass is 10.00. The van der Waals surface area contributed by atoms with Crippen molar-refractivity contribution in [2.24, 2.45) is 4.99 Å². The zero-order valence-corrected chi connectivity index (χ0v) is 8.00. The van der Waals surface area contributed by atoms with E-state index in [1.165, 1.54) is 16.7 Å². The van der Waals surface area contributed by atoms with Gasteiger partial charge in [0.15, 0.2) is 0 Å². The molecule has 1 aliphatic rings. The van der Waals surface area contributed by atoms with Gasteiger partial charge in [0.05, 0.1) is 7.11 Å². The molecule has 2 heteroatoms. The second-order valence-corrected chi connectivity index (χ2v) is 3.31. The normalized spacial score (nSPS) is 14.0. The van der Waals surface area contributed by atoms with Gasteiger partial charge in [-0.1, -0.05) is 0 Å². The lowest BCUT2D eigenvalue weighted by Gasteiger charge is -2.13. The Morgan fingerprint density at radius 3 is 3.00 bits per heavy atom. The van der Waals surface area contributed by atoms with E-state index in [0.29, 0.717) is 0 Å². The van der Waals surface area contributed by atoms with E-state index in [4.69, 9.17) is 4.74 Å². The monoisotopic (exact) mass is 175 g/mol. The number of hydrogen-bond acceptors (Lipinski definition) is 2. The zero-order chi connectivity index (χ0) is 9.26. The van der Waals surface area contributed by atoms with Crippen LogP contribution in [0.1, 0.15) is 16.7 Å². The zero-order valence-electron chi connectivity index (χ0n) is 8.00. The number of aryl methyl sites for hydroxylation is 1. The Bertz CT molecular complexity index is 355. The van der Waals surface area contributed by atoms with Gasteiger partial charge in [-0.3, -0.25) is 4.99 Å². The maximum atomic E-state index is 5.27. The molecule has 13 heavy (non-hydrogen) atoms. The fraction of sp³-hybridized carbons (Fsp3) is 0.364. The number of fused-ring (bicyclic) bond motifs is 1. The smallest absolute Gasteiger partial charge is 0.122 e. The van der Waals surface area contributed by atoms with E-state index in [0.717, 1.165) is 18.7 Å². The standard InChI is InChI=1S/C11H13NO/c1-8-5-10-7-12-4-3-9(10)6-11(8)13-2/h5-7H,3-4H2,1-2H3. The molecule has 2 nitrogen and oxygen atoms in total. The topological polar surface area (TPSA) is 21.6 Å². The van der Waals surface area contributed by atoms with E-state index in [-0.39, 0.29) is 0 Å². The van der Waals surface area contributed by atoms with Gasteiger partial charge in [-0.15, -0.1) is 0 Å². The summed E-state index contributed by atoms with van der Waals surface area (Å²) in [6.07, 6.45) is 2.98. The van der Waals surface area contributed by atoms with Crippen molar-refractivity contribution < 1.29 is 4.74 Å². The van der Waals surface area contributed by atoms with Gasteiger partial charge in [0.1, 0.15) is 5.75 Å². The number of ether oxygens (including phenoxy) is 1. The van der Waals surface area contributed by atoms with Gasteiger partial charge in [0.25, 0.3) is 0 Å². The summed E-state index contributed by atoms with van der Waals surface area (Å²) >= 11 is 0. The van der Waals surface area contributed by atoms with Crippen LogP contribution in [0.5, 0.6) is 5.75 Å². The van der Waals surface area contributed by atoms with Crippen LogP contribution in [0.4, 0.5) is 0 Å². The van der Waals surface area contributed by atoms with Gasteiger partial charge in [0, 0.05) is 12.8 Å². The first-order chi connectivity index (χ1) is 6.31. The van der Waals surface area contributed by atoms with Crippen LogP contribution < -0.4 is 4.74 Å². The Balaban J connectivity index is 2.52. The van der Waals surface area contributed by atoms with E-state index in [1.807, 2.05) is 6.21 Å². The molecule has 1 aliphatic heterocycles. The second-order valence-electron chi connectivity index (χ2n) is 3.31. The SMILES string of the molecule is COc1cc2c(cc1C)C=NCC2.